The minimum atomic E-state index is -3.81. The number of primary sulfonamides is 1. The number of ether oxygens (including phenoxy) is 1. The Morgan fingerprint density at radius 3 is 2.45 bits per heavy atom. The molecule has 0 spiro atoms. The molecule has 1 unspecified atom stereocenters. The first-order chi connectivity index (χ1) is 10.4. The van der Waals surface area contributed by atoms with Crippen LogP contribution < -0.4 is 15.2 Å². The van der Waals surface area contributed by atoms with E-state index in [1.54, 1.807) is 37.3 Å². The Balaban J connectivity index is 2.06. The van der Waals surface area contributed by atoms with Gasteiger partial charge in [0.2, 0.25) is 10.0 Å². The Bertz CT molecular complexity index is 760. The fourth-order valence-electron chi connectivity index (χ4n) is 1.75. The van der Waals surface area contributed by atoms with Crippen molar-refractivity contribution in [3.63, 3.8) is 0 Å². The van der Waals surface area contributed by atoms with Gasteiger partial charge in [-0.05, 0) is 37.3 Å². The average molecular weight is 320 g/mol. The van der Waals surface area contributed by atoms with E-state index in [2.05, 4.69) is 5.32 Å². The van der Waals surface area contributed by atoms with Crippen LogP contribution in [-0.2, 0) is 14.8 Å². The maximum absolute atomic E-state index is 12.1. The number of sulfonamides is 1. The fraction of sp³-hybridized carbons (Fsp3) is 0.133. The molecule has 0 fully saturated rings. The molecule has 2 aromatic carbocycles. The third-order valence-corrected chi connectivity index (χ3v) is 3.77. The van der Waals surface area contributed by atoms with E-state index in [4.69, 9.17) is 9.88 Å². The van der Waals surface area contributed by atoms with E-state index in [1.807, 2.05) is 6.07 Å². The lowest BCUT2D eigenvalue weighted by molar-refractivity contribution is -0.122. The Morgan fingerprint density at radius 2 is 1.82 bits per heavy atom. The number of para-hydroxylation sites is 1. The lowest BCUT2D eigenvalue weighted by Crippen LogP contribution is -2.30. The predicted octanol–water partition coefficient (Wildman–Crippen LogP) is 1.74. The maximum atomic E-state index is 12.1. The molecular weight excluding hydrogens is 304 g/mol. The van der Waals surface area contributed by atoms with Crippen LogP contribution in [0.15, 0.2) is 59.5 Å². The molecule has 0 bridgehead atoms. The predicted molar refractivity (Wildman–Crippen MR) is 83.0 cm³/mol. The normalized spacial score (nSPS) is 12.5. The molecular formula is C15H16N2O4S. The Kier molecular flexibility index (Phi) is 4.79. The van der Waals surface area contributed by atoms with Crippen molar-refractivity contribution in [2.75, 3.05) is 5.32 Å². The van der Waals surface area contributed by atoms with E-state index in [-0.39, 0.29) is 4.90 Å². The highest BCUT2D eigenvalue weighted by Gasteiger charge is 2.16. The molecule has 2 rings (SSSR count). The van der Waals surface area contributed by atoms with Gasteiger partial charge in [-0.1, -0.05) is 24.3 Å². The number of benzene rings is 2. The van der Waals surface area contributed by atoms with E-state index in [1.165, 1.54) is 18.2 Å². The first kappa shape index (κ1) is 16.0. The van der Waals surface area contributed by atoms with Crippen molar-refractivity contribution in [2.45, 2.75) is 17.9 Å². The van der Waals surface area contributed by atoms with Gasteiger partial charge >= 0.3 is 0 Å². The van der Waals surface area contributed by atoms with Crippen LogP contribution in [0.25, 0.3) is 0 Å². The fourth-order valence-corrected chi connectivity index (χ4v) is 2.31. The van der Waals surface area contributed by atoms with Crippen molar-refractivity contribution in [1.82, 2.24) is 0 Å². The van der Waals surface area contributed by atoms with E-state index >= 15 is 0 Å². The number of hydrogen-bond donors (Lipinski definition) is 2. The number of amides is 1. The lowest BCUT2D eigenvalue weighted by Gasteiger charge is -2.15. The van der Waals surface area contributed by atoms with E-state index < -0.39 is 22.0 Å². The molecule has 1 amide bonds. The smallest absolute Gasteiger partial charge is 0.265 e. The van der Waals surface area contributed by atoms with E-state index in [0.717, 1.165) is 0 Å². The average Bonchev–Trinajstić information content (AvgIpc) is 2.47. The zero-order valence-electron chi connectivity index (χ0n) is 11.9. The van der Waals surface area contributed by atoms with Gasteiger partial charge in [0.25, 0.3) is 5.91 Å². The molecule has 0 aliphatic heterocycles. The highest BCUT2D eigenvalue weighted by atomic mass is 32.2. The number of hydrogen-bond acceptors (Lipinski definition) is 4. The highest BCUT2D eigenvalue weighted by molar-refractivity contribution is 7.89. The second-order valence-electron chi connectivity index (χ2n) is 4.64. The number of rotatable bonds is 5. The summed E-state index contributed by atoms with van der Waals surface area (Å²) in [5.74, 6) is 0.179. The van der Waals surface area contributed by atoms with Gasteiger partial charge < -0.3 is 10.1 Å². The lowest BCUT2D eigenvalue weighted by atomic mass is 10.3. The summed E-state index contributed by atoms with van der Waals surface area (Å²) in [6, 6.07) is 14.6. The Labute approximate surface area is 129 Å². The largest absolute Gasteiger partial charge is 0.481 e. The standard InChI is InChI=1S/C15H16N2O4S/c1-11(21-13-7-3-2-4-8-13)15(18)17-12-6-5-9-14(10-12)22(16,19)20/h2-11H,1H3,(H,17,18)(H2,16,19,20). The minimum Gasteiger partial charge on any atom is -0.481 e. The van der Waals surface area contributed by atoms with Gasteiger partial charge in [-0.15, -0.1) is 0 Å². The number of nitrogens with two attached hydrogens (primary N) is 1. The summed E-state index contributed by atoms with van der Waals surface area (Å²) in [7, 11) is -3.81. The highest BCUT2D eigenvalue weighted by Crippen LogP contribution is 2.16. The number of nitrogens with one attached hydrogen (secondary N) is 1. The summed E-state index contributed by atoms with van der Waals surface area (Å²) in [4.78, 5) is 12.0. The van der Waals surface area contributed by atoms with Gasteiger partial charge in [0, 0.05) is 5.69 Å². The summed E-state index contributed by atoms with van der Waals surface area (Å²) in [6.07, 6.45) is -0.736. The van der Waals surface area contributed by atoms with Gasteiger partial charge in [0.15, 0.2) is 6.10 Å². The molecule has 0 saturated heterocycles. The topological polar surface area (TPSA) is 98.5 Å². The van der Waals surface area contributed by atoms with Crippen molar-refractivity contribution in [3.05, 3.63) is 54.6 Å². The number of carbonyl (C=O) groups excluding carboxylic acids is 1. The molecule has 0 aliphatic carbocycles. The summed E-state index contributed by atoms with van der Waals surface area (Å²) < 4.78 is 28.1. The quantitative estimate of drug-likeness (QED) is 0.876. The summed E-state index contributed by atoms with van der Waals surface area (Å²) in [6.45, 7) is 1.60. The van der Waals surface area contributed by atoms with Gasteiger partial charge in [0.1, 0.15) is 5.75 Å². The molecule has 116 valence electrons. The molecule has 0 heterocycles. The van der Waals surface area contributed by atoms with Crippen LogP contribution in [0, 0.1) is 0 Å². The zero-order valence-corrected chi connectivity index (χ0v) is 12.7. The van der Waals surface area contributed by atoms with Gasteiger partial charge in [0.05, 0.1) is 4.90 Å². The van der Waals surface area contributed by atoms with Crippen molar-refractivity contribution in [3.8, 4) is 5.75 Å². The monoisotopic (exact) mass is 320 g/mol. The molecule has 22 heavy (non-hydrogen) atoms. The second kappa shape index (κ2) is 6.59. The van der Waals surface area contributed by atoms with Crippen LogP contribution in [-0.4, -0.2) is 20.4 Å². The molecule has 1 atom stereocenters. The summed E-state index contributed by atoms with van der Waals surface area (Å²) in [5, 5.41) is 7.64. The van der Waals surface area contributed by atoms with Crippen LogP contribution in [0.1, 0.15) is 6.92 Å². The Morgan fingerprint density at radius 1 is 1.14 bits per heavy atom. The zero-order chi connectivity index (χ0) is 16.2. The molecule has 2 aromatic rings. The van der Waals surface area contributed by atoms with Gasteiger partial charge in [-0.2, -0.15) is 0 Å². The molecule has 0 saturated carbocycles. The van der Waals surface area contributed by atoms with Crippen LogP contribution in [0.3, 0.4) is 0 Å². The van der Waals surface area contributed by atoms with Crippen LogP contribution >= 0.6 is 0 Å². The third kappa shape index (κ3) is 4.31. The Hall–Kier alpha value is -2.38. The molecule has 0 radical (unpaired) electrons. The van der Waals surface area contributed by atoms with Crippen molar-refractivity contribution < 1.29 is 17.9 Å². The second-order valence-corrected chi connectivity index (χ2v) is 6.20. The minimum absolute atomic E-state index is 0.0677. The maximum Gasteiger partial charge on any atom is 0.265 e. The molecule has 7 heteroatoms. The van der Waals surface area contributed by atoms with Crippen LogP contribution in [0.4, 0.5) is 5.69 Å². The van der Waals surface area contributed by atoms with Crippen LogP contribution in [0.5, 0.6) is 5.75 Å². The van der Waals surface area contributed by atoms with E-state index in [0.29, 0.717) is 11.4 Å². The third-order valence-electron chi connectivity index (χ3n) is 2.86. The van der Waals surface area contributed by atoms with Crippen molar-refractivity contribution in [2.24, 2.45) is 5.14 Å². The number of carbonyl (C=O) groups is 1. The molecule has 0 aromatic heterocycles. The molecule has 3 N–H and O–H groups in total. The van der Waals surface area contributed by atoms with Crippen LogP contribution in [0.2, 0.25) is 0 Å². The van der Waals surface area contributed by atoms with Gasteiger partial charge in [-0.3, -0.25) is 4.79 Å². The first-order valence-corrected chi connectivity index (χ1v) is 8.06. The summed E-state index contributed by atoms with van der Waals surface area (Å²) >= 11 is 0. The molecule has 0 aliphatic rings. The number of anilines is 1. The first-order valence-electron chi connectivity index (χ1n) is 6.52. The SMILES string of the molecule is CC(Oc1ccccc1)C(=O)Nc1cccc(S(N)(=O)=O)c1. The van der Waals surface area contributed by atoms with Gasteiger partial charge in [-0.25, -0.2) is 13.6 Å². The summed E-state index contributed by atoms with van der Waals surface area (Å²) in [5.41, 5.74) is 0.333. The molecule has 6 nitrogen and oxygen atoms in total. The van der Waals surface area contributed by atoms with E-state index in [9.17, 15) is 13.2 Å². The van der Waals surface area contributed by atoms with Crippen molar-refractivity contribution >= 4 is 21.6 Å². The van der Waals surface area contributed by atoms with Crippen molar-refractivity contribution in [1.29, 1.82) is 0 Å².